The van der Waals surface area contributed by atoms with Crippen LogP contribution in [0.25, 0.3) is 0 Å². The van der Waals surface area contributed by atoms with Gasteiger partial charge in [-0.15, -0.1) is 0 Å². The van der Waals surface area contributed by atoms with Gasteiger partial charge in [-0.1, -0.05) is 23.5 Å². The Bertz CT molecular complexity index is 765. The minimum atomic E-state index is -0.354. The van der Waals surface area contributed by atoms with Gasteiger partial charge >= 0.3 is 0 Å². The van der Waals surface area contributed by atoms with Crippen LogP contribution >= 0.6 is 11.3 Å². The summed E-state index contributed by atoms with van der Waals surface area (Å²) in [6.07, 6.45) is 1.90. The van der Waals surface area contributed by atoms with Crippen LogP contribution in [-0.4, -0.2) is 42.0 Å². The summed E-state index contributed by atoms with van der Waals surface area (Å²) < 4.78 is 19.3. The second-order valence-electron chi connectivity index (χ2n) is 6.46. The fraction of sp³-hybridized carbons (Fsp3) is 0.474. The summed E-state index contributed by atoms with van der Waals surface area (Å²) >= 11 is 1.40. The first kappa shape index (κ1) is 18.6. The molecule has 7 heteroatoms. The number of piperidine rings is 1. The summed E-state index contributed by atoms with van der Waals surface area (Å²) in [6.45, 7) is 6.43. The number of likely N-dealkylation sites (tertiary alicyclic amines) is 1. The van der Waals surface area contributed by atoms with Crippen LogP contribution in [0.4, 0.5) is 9.52 Å². The molecule has 0 radical (unpaired) electrons. The molecule has 5 nitrogen and oxygen atoms in total. The number of hydrogen-bond acceptors (Lipinski definition) is 5. The van der Waals surface area contributed by atoms with Gasteiger partial charge in [0.1, 0.15) is 4.88 Å². The minimum Gasteiger partial charge on any atom is -0.490 e. The number of nitrogens with zero attached hydrogens (tertiary/aromatic N) is 2. The normalized spacial score (nSPS) is 17.2. The molecule has 1 N–H and O–H groups in total. The van der Waals surface area contributed by atoms with E-state index in [4.69, 9.17) is 4.74 Å². The average molecular weight is 377 g/mol. The topological polar surface area (TPSA) is 54.5 Å². The largest absolute Gasteiger partial charge is 0.490 e. The number of halogens is 1. The molecule has 0 bridgehead atoms. The van der Waals surface area contributed by atoms with Crippen molar-refractivity contribution in [2.24, 2.45) is 5.92 Å². The molecule has 2 aromatic rings. The van der Waals surface area contributed by atoms with E-state index in [1.807, 2.05) is 18.7 Å². The standard InChI is InChI=1S/C19H24FN3O2S/c1-3-21-19-22-13(2)17(26-19)18(24)23-10-6-7-14(11-23)12-25-16-9-5-4-8-15(16)20/h4-5,8-9,14H,3,6-7,10-12H2,1-2H3,(H,21,22)/t14-/m0/s1. The van der Waals surface area contributed by atoms with Gasteiger partial charge in [0.05, 0.1) is 12.3 Å². The molecule has 1 atom stereocenters. The van der Waals surface area contributed by atoms with Crippen LogP contribution in [0.3, 0.4) is 0 Å². The first-order valence-corrected chi connectivity index (χ1v) is 9.78. The molecule has 26 heavy (non-hydrogen) atoms. The number of carbonyl (C=O) groups is 1. The average Bonchev–Trinajstić information content (AvgIpc) is 3.01. The highest BCUT2D eigenvalue weighted by Crippen LogP contribution is 2.27. The van der Waals surface area contributed by atoms with Crippen molar-refractivity contribution in [3.63, 3.8) is 0 Å². The van der Waals surface area contributed by atoms with Crippen molar-refractivity contribution in [2.75, 3.05) is 31.6 Å². The summed E-state index contributed by atoms with van der Waals surface area (Å²) in [5.41, 5.74) is 0.765. The van der Waals surface area contributed by atoms with Crippen LogP contribution in [0.15, 0.2) is 24.3 Å². The van der Waals surface area contributed by atoms with E-state index in [-0.39, 0.29) is 23.4 Å². The van der Waals surface area contributed by atoms with Crippen molar-refractivity contribution in [2.45, 2.75) is 26.7 Å². The van der Waals surface area contributed by atoms with Gasteiger partial charge in [-0.25, -0.2) is 9.37 Å². The highest BCUT2D eigenvalue weighted by atomic mass is 32.1. The number of rotatable bonds is 6. The Hall–Kier alpha value is -2.15. The smallest absolute Gasteiger partial charge is 0.265 e. The highest BCUT2D eigenvalue weighted by molar-refractivity contribution is 7.17. The SMILES string of the molecule is CCNc1nc(C)c(C(=O)N2CCC[C@H](COc3ccccc3F)C2)s1. The molecule has 140 valence electrons. The maximum Gasteiger partial charge on any atom is 0.265 e. The maximum absolute atomic E-state index is 13.7. The molecular weight excluding hydrogens is 353 g/mol. The lowest BCUT2D eigenvalue weighted by Crippen LogP contribution is -2.41. The van der Waals surface area contributed by atoms with Gasteiger partial charge in [0.2, 0.25) is 0 Å². The second-order valence-corrected chi connectivity index (χ2v) is 7.46. The van der Waals surface area contributed by atoms with E-state index in [1.165, 1.54) is 17.4 Å². The van der Waals surface area contributed by atoms with Gasteiger partial charge in [0.15, 0.2) is 16.7 Å². The Kier molecular flexibility index (Phi) is 6.08. The van der Waals surface area contributed by atoms with Crippen LogP contribution in [0.1, 0.15) is 35.1 Å². The summed E-state index contributed by atoms with van der Waals surface area (Å²) in [5.74, 6) is 0.144. The van der Waals surface area contributed by atoms with E-state index in [9.17, 15) is 9.18 Å². The number of amides is 1. The van der Waals surface area contributed by atoms with E-state index in [1.54, 1.807) is 18.2 Å². The van der Waals surface area contributed by atoms with Crippen LogP contribution < -0.4 is 10.1 Å². The van der Waals surface area contributed by atoms with Gasteiger partial charge in [-0.05, 0) is 38.8 Å². The molecule has 0 aliphatic carbocycles. The zero-order valence-electron chi connectivity index (χ0n) is 15.1. The van der Waals surface area contributed by atoms with Crippen LogP contribution in [0.2, 0.25) is 0 Å². The monoisotopic (exact) mass is 377 g/mol. The van der Waals surface area contributed by atoms with E-state index in [0.29, 0.717) is 18.0 Å². The van der Waals surface area contributed by atoms with Gasteiger partial charge < -0.3 is 15.0 Å². The number of hydrogen-bond donors (Lipinski definition) is 1. The molecule has 1 aromatic carbocycles. The molecule has 0 spiro atoms. The molecule has 0 saturated carbocycles. The number of ether oxygens (including phenoxy) is 1. The Balaban J connectivity index is 1.61. The molecule has 1 saturated heterocycles. The fourth-order valence-corrected chi connectivity index (χ4v) is 4.12. The molecule has 1 aliphatic heterocycles. The third kappa shape index (κ3) is 4.33. The zero-order chi connectivity index (χ0) is 18.5. The lowest BCUT2D eigenvalue weighted by Gasteiger charge is -2.32. The molecule has 1 fully saturated rings. The van der Waals surface area contributed by atoms with Crippen molar-refractivity contribution in [1.82, 2.24) is 9.88 Å². The Morgan fingerprint density at radius 2 is 2.27 bits per heavy atom. The molecule has 3 rings (SSSR count). The molecule has 1 aromatic heterocycles. The van der Waals surface area contributed by atoms with Crippen molar-refractivity contribution in [3.8, 4) is 5.75 Å². The Morgan fingerprint density at radius 1 is 1.46 bits per heavy atom. The molecule has 1 amide bonds. The number of benzene rings is 1. The third-order valence-corrected chi connectivity index (χ3v) is 5.54. The number of para-hydroxylation sites is 1. The number of thiazole rings is 1. The van der Waals surface area contributed by atoms with Crippen molar-refractivity contribution in [3.05, 3.63) is 40.7 Å². The molecular formula is C19H24FN3O2S. The maximum atomic E-state index is 13.7. The van der Waals surface area contributed by atoms with Gasteiger partial charge in [0.25, 0.3) is 5.91 Å². The van der Waals surface area contributed by atoms with Gasteiger partial charge in [-0.3, -0.25) is 4.79 Å². The van der Waals surface area contributed by atoms with Crippen molar-refractivity contribution in [1.29, 1.82) is 0 Å². The Morgan fingerprint density at radius 3 is 3.04 bits per heavy atom. The summed E-state index contributed by atoms with van der Waals surface area (Å²) in [6, 6.07) is 6.41. The first-order valence-electron chi connectivity index (χ1n) is 8.96. The summed E-state index contributed by atoms with van der Waals surface area (Å²) in [7, 11) is 0. The van der Waals surface area contributed by atoms with Crippen LogP contribution in [0.5, 0.6) is 5.75 Å². The van der Waals surface area contributed by atoms with Gasteiger partial charge in [-0.2, -0.15) is 0 Å². The lowest BCUT2D eigenvalue weighted by atomic mass is 9.98. The quantitative estimate of drug-likeness (QED) is 0.828. The zero-order valence-corrected chi connectivity index (χ0v) is 15.9. The van der Waals surface area contributed by atoms with E-state index >= 15 is 0 Å². The highest BCUT2D eigenvalue weighted by Gasteiger charge is 2.27. The second kappa shape index (κ2) is 8.49. The molecule has 2 heterocycles. The number of carbonyl (C=O) groups excluding carboxylic acids is 1. The fourth-order valence-electron chi connectivity index (χ4n) is 3.12. The van der Waals surface area contributed by atoms with Crippen LogP contribution in [0, 0.1) is 18.7 Å². The summed E-state index contributed by atoms with van der Waals surface area (Å²) in [5, 5.41) is 3.94. The third-order valence-electron chi connectivity index (χ3n) is 4.44. The van der Waals surface area contributed by atoms with E-state index in [2.05, 4.69) is 10.3 Å². The van der Waals surface area contributed by atoms with E-state index < -0.39 is 0 Å². The summed E-state index contributed by atoms with van der Waals surface area (Å²) in [4.78, 5) is 19.9. The van der Waals surface area contributed by atoms with Crippen molar-refractivity contribution < 1.29 is 13.9 Å². The number of aryl methyl sites for hydroxylation is 1. The van der Waals surface area contributed by atoms with Crippen LogP contribution in [-0.2, 0) is 0 Å². The van der Waals surface area contributed by atoms with Gasteiger partial charge in [0, 0.05) is 25.6 Å². The predicted octanol–water partition coefficient (Wildman–Crippen LogP) is 3.95. The predicted molar refractivity (Wildman–Crippen MR) is 102 cm³/mol. The number of aromatic nitrogens is 1. The minimum absolute atomic E-state index is 0.0275. The van der Waals surface area contributed by atoms with E-state index in [0.717, 1.165) is 36.8 Å². The lowest BCUT2D eigenvalue weighted by molar-refractivity contribution is 0.0635. The number of anilines is 1. The Labute approximate surface area is 157 Å². The number of nitrogens with one attached hydrogen (secondary N) is 1. The van der Waals surface area contributed by atoms with Crippen molar-refractivity contribution >= 4 is 22.4 Å². The first-order chi connectivity index (χ1) is 12.6. The molecule has 0 unspecified atom stereocenters. The molecule has 1 aliphatic rings.